The highest BCUT2D eigenvalue weighted by atomic mass is 79.9. The standard InChI is InChI=1S/C16H13BrFN3O3S2/c17-11-4-5-13(12(18)7-11)21-26(22,23)14-6-10(8-25-14)15-19-16(24-20-15)9-2-1-3-9/h4-9,21H,1-3H2. The Hall–Kier alpha value is -1.78. The van der Waals surface area contributed by atoms with Crippen molar-refractivity contribution in [2.24, 2.45) is 0 Å². The van der Waals surface area contributed by atoms with Gasteiger partial charge in [0.15, 0.2) is 0 Å². The van der Waals surface area contributed by atoms with Gasteiger partial charge in [-0.25, -0.2) is 12.8 Å². The summed E-state index contributed by atoms with van der Waals surface area (Å²) in [4.78, 5) is 4.35. The summed E-state index contributed by atoms with van der Waals surface area (Å²) < 4.78 is 47.0. The Balaban J connectivity index is 1.57. The van der Waals surface area contributed by atoms with Gasteiger partial charge in [0.25, 0.3) is 10.0 Å². The molecule has 2 aromatic heterocycles. The van der Waals surface area contributed by atoms with E-state index in [1.807, 2.05) is 0 Å². The molecule has 1 aromatic carbocycles. The van der Waals surface area contributed by atoms with E-state index in [0.29, 0.717) is 27.7 Å². The van der Waals surface area contributed by atoms with Gasteiger partial charge in [-0.05, 0) is 37.1 Å². The van der Waals surface area contributed by atoms with Crippen LogP contribution in [0.1, 0.15) is 31.1 Å². The summed E-state index contributed by atoms with van der Waals surface area (Å²) in [6.07, 6.45) is 3.22. The van der Waals surface area contributed by atoms with E-state index in [4.69, 9.17) is 4.52 Å². The predicted molar refractivity (Wildman–Crippen MR) is 99.1 cm³/mol. The van der Waals surface area contributed by atoms with Crippen LogP contribution in [0.25, 0.3) is 11.4 Å². The average molecular weight is 458 g/mol. The molecule has 0 aliphatic heterocycles. The maximum absolute atomic E-state index is 13.9. The van der Waals surface area contributed by atoms with Gasteiger partial charge in [0.1, 0.15) is 10.0 Å². The minimum absolute atomic E-state index is 0.0461. The normalized spacial score (nSPS) is 15.0. The fourth-order valence-electron chi connectivity index (χ4n) is 2.52. The molecular formula is C16H13BrFN3O3S2. The number of nitrogens with zero attached hydrogens (tertiary/aromatic N) is 2. The number of anilines is 1. The fraction of sp³-hybridized carbons (Fsp3) is 0.250. The topological polar surface area (TPSA) is 85.1 Å². The van der Waals surface area contributed by atoms with Crippen molar-refractivity contribution in [3.63, 3.8) is 0 Å². The summed E-state index contributed by atoms with van der Waals surface area (Å²) in [5, 5.41) is 5.57. The molecule has 0 amide bonds. The number of sulfonamides is 1. The molecule has 0 atom stereocenters. The summed E-state index contributed by atoms with van der Waals surface area (Å²) in [6.45, 7) is 0. The number of thiophene rings is 1. The van der Waals surface area contributed by atoms with Gasteiger partial charge in [0.05, 0.1) is 5.69 Å². The van der Waals surface area contributed by atoms with Gasteiger partial charge in [-0.15, -0.1) is 11.3 Å². The summed E-state index contributed by atoms with van der Waals surface area (Å²) in [6, 6.07) is 5.57. The van der Waals surface area contributed by atoms with Crippen LogP contribution in [0.2, 0.25) is 0 Å². The van der Waals surface area contributed by atoms with Gasteiger partial charge in [0, 0.05) is 21.3 Å². The first-order valence-corrected chi connectivity index (χ1v) is 11.0. The van der Waals surface area contributed by atoms with Crippen molar-refractivity contribution in [2.45, 2.75) is 29.4 Å². The minimum Gasteiger partial charge on any atom is -0.339 e. The molecular weight excluding hydrogens is 445 g/mol. The van der Waals surface area contributed by atoms with E-state index in [1.54, 1.807) is 11.4 Å². The van der Waals surface area contributed by atoms with Crippen molar-refractivity contribution in [3.8, 4) is 11.4 Å². The highest BCUT2D eigenvalue weighted by molar-refractivity contribution is 9.10. The molecule has 4 rings (SSSR count). The van der Waals surface area contributed by atoms with Gasteiger partial charge < -0.3 is 4.52 Å². The lowest BCUT2D eigenvalue weighted by Crippen LogP contribution is -2.12. The molecule has 26 heavy (non-hydrogen) atoms. The third-order valence-electron chi connectivity index (χ3n) is 4.17. The zero-order valence-corrected chi connectivity index (χ0v) is 16.5. The number of rotatable bonds is 5. The van der Waals surface area contributed by atoms with Crippen molar-refractivity contribution >= 4 is 43.0 Å². The van der Waals surface area contributed by atoms with Gasteiger partial charge in [-0.2, -0.15) is 4.98 Å². The lowest BCUT2D eigenvalue weighted by molar-refractivity contribution is 0.292. The molecule has 1 N–H and O–H groups in total. The largest absolute Gasteiger partial charge is 0.339 e. The molecule has 2 heterocycles. The second kappa shape index (κ2) is 6.75. The third kappa shape index (κ3) is 3.40. The molecule has 0 saturated heterocycles. The van der Waals surface area contributed by atoms with Crippen molar-refractivity contribution < 1.29 is 17.3 Å². The van der Waals surface area contributed by atoms with E-state index in [9.17, 15) is 12.8 Å². The molecule has 0 radical (unpaired) electrons. The van der Waals surface area contributed by atoms with Crippen LogP contribution < -0.4 is 4.72 Å². The Kier molecular flexibility index (Phi) is 4.57. The fourth-order valence-corrected chi connectivity index (χ4v) is 5.07. The summed E-state index contributed by atoms with van der Waals surface area (Å²) in [5.74, 6) is 0.597. The first kappa shape index (κ1) is 17.6. The molecule has 1 aliphatic rings. The number of hydrogen-bond acceptors (Lipinski definition) is 6. The SMILES string of the molecule is O=S(=O)(Nc1ccc(Br)cc1F)c1cc(-c2noc(C3CCC3)n2)cs1. The minimum atomic E-state index is -3.91. The Bertz CT molecular complexity index is 1060. The van der Waals surface area contributed by atoms with Crippen LogP contribution in [-0.2, 0) is 10.0 Å². The van der Waals surface area contributed by atoms with E-state index in [0.717, 1.165) is 30.6 Å². The molecule has 3 aromatic rings. The van der Waals surface area contributed by atoms with Crippen molar-refractivity contribution in [3.05, 3.63) is 45.8 Å². The number of benzene rings is 1. The van der Waals surface area contributed by atoms with Gasteiger partial charge in [0.2, 0.25) is 11.7 Å². The summed E-state index contributed by atoms with van der Waals surface area (Å²) in [5.41, 5.74) is 0.441. The van der Waals surface area contributed by atoms with Crippen molar-refractivity contribution in [2.75, 3.05) is 4.72 Å². The van der Waals surface area contributed by atoms with Crippen LogP contribution in [0.4, 0.5) is 10.1 Å². The zero-order chi connectivity index (χ0) is 18.3. The molecule has 1 fully saturated rings. The van der Waals surface area contributed by atoms with Crippen molar-refractivity contribution in [1.29, 1.82) is 0 Å². The molecule has 1 saturated carbocycles. The van der Waals surface area contributed by atoms with E-state index in [2.05, 4.69) is 30.8 Å². The van der Waals surface area contributed by atoms with E-state index < -0.39 is 15.8 Å². The molecule has 0 unspecified atom stereocenters. The molecule has 10 heteroatoms. The second-order valence-corrected chi connectivity index (χ2v) is 9.70. The van der Waals surface area contributed by atoms with Gasteiger partial charge >= 0.3 is 0 Å². The number of nitrogens with one attached hydrogen (secondary N) is 1. The Morgan fingerprint density at radius 2 is 2.12 bits per heavy atom. The monoisotopic (exact) mass is 457 g/mol. The Morgan fingerprint density at radius 3 is 2.81 bits per heavy atom. The van der Waals surface area contributed by atoms with Crippen LogP contribution in [0.15, 0.2) is 42.9 Å². The van der Waals surface area contributed by atoms with Crippen LogP contribution >= 0.6 is 27.3 Å². The van der Waals surface area contributed by atoms with Crippen LogP contribution in [0.3, 0.4) is 0 Å². The summed E-state index contributed by atoms with van der Waals surface area (Å²) in [7, 11) is -3.91. The maximum atomic E-state index is 13.9. The molecule has 1 aliphatic carbocycles. The molecule has 6 nitrogen and oxygen atoms in total. The van der Waals surface area contributed by atoms with E-state index in [-0.39, 0.29) is 9.90 Å². The highest BCUT2D eigenvalue weighted by Gasteiger charge is 2.26. The van der Waals surface area contributed by atoms with Gasteiger partial charge in [-0.3, -0.25) is 4.72 Å². The number of halogens is 2. The van der Waals surface area contributed by atoms with Gasteiger partial charge in [-0.1, -0.05) is 27.5 Å². The Labute approximate surface area is 161 Å². The zero-order valence-electron chi connectivity index (χ0n) is 13.3. The Morgan fingerprint density at radius 1 is 1.31 bits per heavy atom. The molecule has 0 bridgehead atoms. The van der Waals surface area contributed by atoms with Crippen molar-refractivity contribution in [1.82, 2.24) is 10.1 Å². The predicted octanol–water partition coefficient (Wildman–Crippen LogP) is 4.77. The van der Waals surface area contributed by atoms with E-state index in [1.165, 1.54) is 18.2 Å². The summed E-state index contributed by atoms with van der Waals surface area (Å²) >= 11 is 4.15. The quantitative estimate of drug-likeness (QED) is 0.596. The van der Waals surface area contributed by atoms with Crippen LogP contribution in [0, 0.1) is 5.82 Å². The smallest absolute Gasteiger partial charge is 0.271 e. The van der Waals surface area contributed by atoms with Crippen LogP contribution in [-0.4, -0.2) is 18.6 Å². The average Bonchev–Trinajstić information content (AvgIpc) is 3.17. The first-order chi connectivity index (χ1) is 12.4. The highest BCUT2D eigenvalue weighted by Crippen LogP contribution is 2.36. The first-order valence-electron chi connectivity index (χ1n) is 7.83. The second-order valence-electron chi connectivity index (χ2n) is 5.97. The number of aromatic nitrogens is 2. The number of hydrogen-bond donors (Lipinski definition) is 1. The molecule has 0 spiro atoms. The van der Waals surface area contributed by atoms with Crippen LogP contribution in [0.5, 0.6) is 0 Å². The lowest BCUT2D eigenvalue weighted by atomic mass is 9.85. The van der Waals surface area contributed by atoms with E-state index >= 15 is 0 Å². The molecule has 136 valence electrons. The lowest BCUT2D eigenvalue weighted by Gasteiger charge is -2.20. The third-order valence-corrected chi connectivity index (χ3v) is 7.47. The maximum Gasteiger partial charge on any atom is 0.271 e.